The zero-order valence-electron chi connectivity index (χ0n) is 9.48. The highest BCUT2D eigenvalue weighted by Crippen LogP contribution is 2.19. The second-order valence-electron chi connectivity index (χ2n) is 4.35. The molecule has 16 heavy (non-hydrogen) atoms. The summed E-state index contributed by atoms with van der Waals surface area (Å²) < 4.78 is 5.72. The van der Waals surface area contributed by atoms with Gasteiger partial charge in [0.05, 0.1) is 6.61 Å². The molecule has 88 valence electrons. The molecular formula is C13H19NO2. The number of hydrogen-bond acceptors (Lipinski definition) is 3. The lowest BCUT2D eigenvalue weighted by Crippen LogP contribution is -2.16. The van der Waals surface area contributed by atoms with Gasteiger partial charge in [0.25, 0.3) is 0 Å². The summed E-state index contributed by atoms with van der Waals surface area (Å²) in [5, 5.41) is 12.5. The minimum atomic E-state index is 0.283. The van der Waals surface area contributed by atoms with E-state index in [2.05, 4.69) is 5.32 Å². The summed E-state index contributed by atoms with van der Waals surface area (Å²) in [4.78, 5) is 0. The molecule has 0 amide bonds. The zero-order valence-corrected chi connectivity index (χ0v) is 9.48. The number of rotatable bonds is 3. The monoisotopic (exact) mass is 221 g/mol. The van der Waals surface area contributed by atoms with Crippen molar-refractivity contribution >= 4 is 0 Å². The van der Waals surface area contributed by atoms with E-state index < -0.39 is 0 Å². The molecule has 0 spiro atoms. The minimum absolute atomic E-state index is 0.283. The van der Waals surface area contributed by atoms with Crippen molar-refractivity contribution in [3.05, 3.63) is 24.3 Å². The molecule has 1 aliphatic rings. The van der Waals surface area contributed by atoms with Gasteiger partial charge in [-0.1, -0.05) is 0 Å². The molecule has 2 rings (SSSR count). The summed E-state index contributed by atoms with van der Waals surface area (Å²) in [6.45, 7) is 3.02. The first-order valence-electron chi connectivity index (χ1n) is 5.97. The van der Waals surface area contributed by atoms with Gasteiger partial charge >= 0.3 is 0 Å². The fraction of sp³-hybridized carbons (Fsp3) is 0.538. The van der Waals surface area contributed by atoms with E-state index in [1.165, 1.54) is 19.3 Å². The molecule has 1 saturated heterocycles. The van der Waals surface area contributed by atoms with Gasteiger partial charge in [-0.2, -0.15) is 0 Å². The van der Waals surface area contributed by atoms with Crippen molar-refractivity contribution in [2.75, 3.05) is 19.7 Å². The maximum atomic E-state index is 9.15. The highest BCUT2D eigenvalue weighted by Gasteiger charge is 2.12. The molecule has 1 atom stereocenters. The van der Waals surface area contributed by atoms with Crippen LogP contribution in [0, 0.1) is 5.92 Å². The average molecular weight is 221 g/mol. The number of aromatic hydroxyl groups is 1. The standard InChI is InChI=1S/C13H19NO2/c15-12-3-5-13(6-4-12)16-10-11-2-1-8-14-9-7-11/h3-6,11,14-15H,1-2,7-10H2. The van der Waals surface area contributed by atoms with Gasteiger partial charge in [0.1, 0.15) is 11.5 Å². The second kappa shape index (κ2) is 5.75. The van der Waals surface area contributed by atoms with E-state index in [1.807, 2.05) is 12.1 Å². The summed E-state index contributed by atoms with van der Waals surface area (Å²) >= 11 is 0. The Morgan fingerprint density at radius 2 is 2.00 bits per heavy atom. The summed E-state index contributed by atoms with van der Waals surface area (Å²) in [5.74, 6) is 1.78. The first kappa shape index (κ1) is 11.3. The Morgan fingerprint density at radius 3 is 2.81 bits per heavy atom. The van der Waals surface area contributed by atoms with Gasteiger partial charge < -0.3 is 15.2 Å². The molecule has 1 aliphatic heterocycles. The first-order valence-corrected chi connectivity index (χ1v) is 5.97. The Morgan fingerprint density at radius 1 is 1.19 bits per heavy atom. The zero-order chi connectivity index (χ0) is 11.2. The molecule has 0 aliphatic carbocycles. The normalized spacial score (nSPS) is 21.4. The van der Waals surface area contributed by atoms with Gasteiger partial charge in [-0.15, -0.1) is 0 Å². The van der Waals surface area contributed by atoms with E-state index >= 15 is 0 Å². The lowest BCUT2D eigenvalue weighted by atomic mass is 10.0. The van der Waals surface area contributed by atoms with Crippen LogP contribution in [0.5, 0.6) is 11.5 Å². The number of phenolic OH excluding ortho intramolecular Hbond substituents is 1. The van der Waals surface area contributed by atoms with Crippen LogP contribution < -0.4 is 10.1 Å². The summed E-state index contributed by atoms with van der Waals surface area (Å²) in [6.07, 6.45) is 3.67. The third-order valence-electron chi connectivity index (χ3n) is 3.02. The lowest BCUT2D eigenvalue weighted by Gasteiger charge is -2.14. The molecule has 1 aromatic rings. The largest absolute Gasteiger partial charge is 0.508 e. The van der Waals surface area contributed by atoms with Gasteiger partial charge in [-0.25, -0.2) is 0 Å². The molecular weight excluding hydrogens is 202 g/mol. The van der Waals surface area contributed by atoms with Crippen molar-refractivity contribution < 1.29 is 9.84 Å². The lowest BCUT2D eigenvalue weighted by molar-refractivity contribution is 0.236. The van der Waals surface area contributed by atoms with Crippen LogP contribution in [0.4, 0.5) is 0 Å². The van der Waals surface area contributed by atoms with E-state index in [0.717, 1.165) is 25.4 Å². The molecule has 1 aromatic carbocycles. The Bertz CT molecular complexity index is 302. The number of benzene rings is 1. The van der Waals surface area contributed by atoms with Crippen LogP contribution >= 0.6 is 0 Å². The van der Waals surface area contributed by atoms with Crippen LogP contribution in [0.25, 0.3) is 0 Å². The predicted octanol–water partition coefficient (Wildman–Crippen LogP) is 2.16. The highest BCUT2D eigenvalue weighted by molar-refractivity contribution is 5.30. The molecule has 0 radical (unpaired) electrons. The van der Waals surface area contributed by atoms with Crippen LogP contribution in [0.1, 0.15) is 19.3 Å². The smallest absolute Gasteiger partial charge is 0.119 e. The molecule has 0 saturated carbocycles. The topological polar surface area (TPSA) is 41.5 Å². The third-order valence-corrected chi connectivity index (χ3v) is 3.02. The first-order chi connectivity index (χ1) is 7.84. The number of nitrogens with one attached hydrogen (secondary N) is 1. The predicted molar refractivity (Wildman–Crippen MR) is 63.8 cm³/mol. The van der Waals surface area contributed by atoms with Crippen molar-refractivity contribution in [2.45, 2.75) is 19.3 Å². The number of phenols is 1. The van der Waals surface area contributed by atoms with Gasteiger partial charge in [0.15, 0.2) is 0 Å². The Labute approximate surface area is 96.4 Å². The van der Waals surface area contributed by atoms with E-state index in [1.54, 1.807) is 12.1 Å². The SMILES string of the molecule is Oc1ccc(OCC2CCCNCC2)cc1. The van der Waals surface area contributed by atoms with Crippen molar-refractivity contribution in [3.63, 3.8) is 0 Å². The Balaban J connectivity index is 1.79. The number of ether oxygens (including phenoxy) is 1. The summed E-state index contributed by atoms with van der Waals surface area (Å²) in [7, 11) is 0. The quantitative estimate of drug-likeness (QED) is 0.822. The van der Waals surface area contributed by atoms with E-state index in [9.17, 15) is 0 Å². The van der Waals surface area contributed by atoms with Crippen molar-refractivity contribution in [1.82, 2.24) is 5.32 Å². The van der Waals surface area contributed by atoms with Crippen LogP contribution in [-0.2, 0) is 0 Å². The summed E-state index contributed by atoms with van der Waals surface area (Å²) in [6, 6.07) is 6.93. The Hall–Kier alpha value is -1.22. The second-order valence-corrected chi connectivity index (χ2v) is 4.35. The van der Waals surface area contributed by atoms with Crippen molar-refractivity contribution in [3.8, 4) is 11.5 Å². The number of hydrogen-bond donors (Lipinski definition) is 2. The average Bonchev–Trinajstić information content (AvgIpc) is 2.57. The molecule has 3 heteroatoms. The van der Waals surface area contributed by atoms with Crippen LogP contribution in [-0.4, -0.2) is 24.8 Å². The van der Waals surface area contributed by atoms with E-state index in [0.29, 0.717) is 5.92 Å². The maximum absolute atomic E-state index is 9.15. The van der Waals surface area contributed by atoms with Crippen LogP contribution in [0.3, 0.4) is 0 Å². The van der Waals surface area contributed by atoms with Gasteiger partial charge in [0.2, 0.25) is 0 Å². The molecule has 1 fully saturated rings. The molecule has 3 nitrogen and oxygen atoms in total. The van der Waals surface area contributed by atoms with E-state index in [4.69, 9.17) is 9.84 Å². The fourth-order valence-electron chi connectivity index (χ4n) is 2.01. The molecule has 2 N–H and O–H groups in total. The minimum Gasteiger partial charge on any atom is -0.508 e. The van der Waals surface area contributed by atoms with E-state index in [-0.39, 0.29) is 5.75 Å². The molecule has 0 bridgehead atoms. The molecule has 0 aromatic heterocycles. The van der Waals surface area contributed by atoms with Gasteiger partial charge in [-0.3, -0.25) is 0 Å². The third kappa shape index (κ3) is 3.42. The molecule has 1 heterocycles. The maximum Gasteiger partial charge on any atom is 0.119 e. The van der Waals surface area contributed by atoms with Crippen molar-refractivity contribution in [1.29, 1.82) is 0 Å². The molecule has 1 unspecified atom stereocenters. The Kier molecular flexibility index (Phi) is 4.05. The fourth-order valence-corrected chi connectivity index (χ4v) is 2.01. The van der Waals surface area contributed by atoms with Crippen LogP contribution in [0.15, 0.2) is 24.3 Å². The van der Waals surface area contributed by atoms with Crippen LogP contribution in [0.2, 0.25) is 0 Å². The highest BCUT2D eigenvalue weighted by atomic mass is 16.5. The van der Waals surface area contributed by atoms with Gasteiger partial charge in [-0.05, 0) is 62.5 Å². The van der Waals surface area contributed by atoms with Crippen molar-refractivity contribution in [2.24, 2.45) is 5.92 Å². The van der Waals surface area contributed by atoms with Gasteiger partial charge in [0, 0.05) is 0 Å². The summed E-state index contributed by atoms with van der Waals surface area (Å²) in [5.41, 5.74) is 0.